The van der Waals surface area contributed by atoms with Crippen LogP contribution in [0, 0.1) is 0 Å². The molecule has 19 heavy (non-hydrogen) atoms. The van der Waals surface area contributed by atoms with E-state index in [1.54, 1.807) is 12.1 Å². The molecule has 2 N–H and O–H groups in total. The molecule has 0 spiro atoms. The monoisotopic (exact) mass is 285 g/mol. The Morgan fingerprint density at radius 1 is 1.16 bits per heavy atom. The highest BCUT2D eigenvalue weighted by Gasteiger charge is 2.06. The minimum Gasteiger partial charge on any atom is -0.378 e. The van der Waals surface area contributed by atoms with Gasteiger partial charge in [-0.2, -0.15) is 0 Å². The summed E-state index contributed by atoms with van der Waals surface area (Å²) < 4.78 is 23.9. The third-order valence-electron chi connectivity index (χ3n) is 2.42. The molecule has 0 saturated carbocycles. The second kappa shape index (κ2) is 6.53. The van der Waals surface area contributed by atoms with E-state index in [-0.39, 0.29) is 19.0 Å². The van der Waals surface area contributed by atoms with Crippen LogP contribution >= 0.6 is 0 Å². The number of carbonyl (C=O) groups is 1. The van der Waals surface area contributed by atoms with Gasteiger partial charge < -0.3 is 10.2 Å². The molecule has 1 aromatic rings. The van der Waals surface area contributed by atoms with Crippen LogP contribution in [0.5, 0.6) is 0 Å². The molecule has 0 aromatic heterocycles. The number of hydrogen-bond donors (Lipinski definition) is 2. The lowest BCUT2D eigenvalue weighted by Gasteiger charge is -2.12. The number of anilines is 1. The average Bonchev–Trinajstić information content (AvgIpc) is 2.33. The molecule has 0 aliphatic carbocycles. The van der Waals surface area contributed by atoms with Gasteiger partial charge in [0.2, 0.25) is 10.0 Å². The predicted octanol–water partition coefficient (Wildman–Crippen LogP) is 0.0316. The van der Waals surface area contributed by atoms with Crippen molar-refractivity contribution in [3.8, 4) is 0 Å². The topological polar surface area (TPSA) is 78.5 Å². The van der Waals surface area contributed by atoms with Crippen molar-refractivity contribution in [3.63, 3.8) is 0 Å². The van der Waals surface area contributed by atoms with Gasteiger partial charge in [-0.1, -0.05) is 0 Å². The highest BCUT2D eigenvalue weighted by Crippen LogP contribution is 2.11. The number of carbonyl (C=O) groups excluding carboxylic acids is 1. The third-order valence-corrected chi connectivity index (χ3v) is 3.15. The first-order chi connectivity index (χ1) is 8.79. The van der Waals surface area contributed by atoms with Gasteiger partial charge >= 0.3 is 0 Å². The van der Waals surface area contributed by atoms with Gasteiger partial charge in [-0.25, -0.2) is 13.1 Å². The van der Waals surface area contributed by atoms with E-state index in [1.807, 2.05) is 31.1 Å². The van der Waals surface area contributed by atoms with Crippen molar-refractivity contribution in [2.24, 2.45) is 0 Å². The van der Waals surface area contributed by atoms with Gasteiger partial charge in [0.15, 0.2) is 0 Å². The highest BCUT2D eigenvalue weighted by atomic mass is 32.2. The first kappa shape index (κ1) is 15.5. The minimum absolute atomic E-state index is 0.181. The molecule has 1 rings (SSSR count). The summed E-state index contributed by atoms with van der Waals surface area (Å²) in [6.45, 7) is 0.432. The quantitative estimate of drug-likeness (QED) is 0.723. The maximum atomic E-state index is 11.7. The van der Waals surface area contributed by atoms with E-state index >= 15 is 0 Å². The Morgan fingerprint density at radius 2 is 1.74 bits per heavy atom. The molecule has 0 fully saturated rings. The summed E-state index contributed by atoms with van der Waals surface area (Å²) in [7, 11) is 0.636. The molecule has 0 heterocycles. The zero-order valence-electron chi connectivity index (χ0n) is 11.3. The van der Waals surface area contributed by atoms with E-state index in [9.17, 15) is 13.2 Å². The molecule has 1 aromatic carbocycles. The fourth-order valence-electron chi connectivity index (χ4n) is 1.43. The van der Waals surface area contributed by atoms with Gasteiger partial charge in [0.25, 0.3) is 5.91 Å². The van der Waals surface area contributed by atoms with E-state index in [1.165, 1.54) is 0 Å². The lowest BCUT2D eigenvalue weighted by molar-refractivity contribution is 0.0954. The minimum atomic E-state index is -3.21. The Hall–Kier alpha value is -1.60. The molecule has 0 aliphatic rings. The molecule has 6 nitrogen and oxygen atoms in total. The van der Waals surface area contributed by atoms with Crippen molar-refractivity contribution >= 4 is 21.6 Å². The van der Waals surface area contributed by atoms with Crippen LogP contribution in [0.4, 0.5) is 5.69 Å². The molecule has 106 valence electrons. The summed E-state index contributed by atoms with van der Waals surface area (Å²) in [6, 6.07) is 7.16. The van der Waals surface area contributed by atoms with E-state index < -0.39 is 10.0 Å². The molecule has 0 radical (unpaired) electrons. The van der Waals surface area contributed by atoms with Crippen molar-refractivity contribution in [2.45, 2.75) is 0 Å². The van der Waals surface area contributed by atoms with Crippen LogP contribution in [0.1, 0.15) is 10.4 Å². The summed E-state index contributed by atoms with van der Waals surface area (Å²) in [5, 5.41) is 2.64. The van der Waals surface area contributed by atoms with Gasteiger partial charge in [-0.05, 0) is 24.3 Å². The summed E-state index contributed by atoms with van der Waals surface area (Å²) in [5.41, 5.74) is 1.56. The van der Waals surface area contributed by atoms with E-state index in [4.69, 9.17) is 0 Å². The molecule has 7 heteroatoms. The molecule has 0 bridgehead atoms. The van der Waals surface area contributed by atoms with Crippen molar-refractivity contribution in [1.82, 2.24) is 10.0 Å². The number of nitrogens with one attached hydrogen (secondary N) is 2. The van der Waals surface area contributed by atoms with Crippen LogP contribution in [0.3, 0.4) is 0 Å². The molecule has 0 atom stereocenters. The summed E-state index contributed by atoms with van der Waals surface area (Å²) in [5.74, 6) is -0.222. The summed E-state index contributed by atoms with van der Waals surface area (Å²) in [4.78, 5) is 13.7. The van der Waals surface area contributed by atoms with Crippen LogP contribution in [-0.4, -0.2) is 47.8 Å². The lowest BCUT2D eigenvalue weighted by atomic mass is 10.2. The normalized spacial score (nSPS) is 11.1. The molecular weight excluding hydrogens is 266 g/mol. The number of benzene rings is 1. The van der Waals surface area contributed by atoms with E-state index in [0.717, 1.165) is 11.9 Å². The second-order valence-corrected chi connectivity index (χ2v) is 6.20. The first-order valence-electron chi connectivity index (χ1n) is 5.80. The van der Waals surface area contributed by atoms with Crippen LogP contribution in [0.15, 0.2) is 24.3 Å². The van der Waals surface area contributed by atoms with E-state index in [0.29, 0.717) is 5.56 Å². The van der Waals surface area contributed by atoms with Crippen LogP contribution in [-0.2, 0) is 10.0 Å². The van der Waals surface area contributed by atoms with Crippen molar-refractivity contribution in [3.05, 3.63) is 29.8 Å². The molecule has 1 amide bonds. The fraction of sp³-hybridized carbons (Fsp3) is 0.417. The summed E-state index contributed by atoms with van der Waals surface area (Å²) >= 11 is 0. The molecule has 0 unspecified atom stereocenters. The first-order valence-corrected chi connectivity index (χ1v) is 7.69. The smallest absolute Gasteiger partial charge is 0.251 e. The van der Waals surface area contributed by atoms with Crippen molar-refractivity contribution in [2.75, 3.05) is 38.3 Å². The number of amides is 1. The fourth-order valence-corrected chi connectivity index (χ4v) is 1.90. The number of nitrogens with zero attached hydrogens (tertiary/aromatic N) is 1. The number of rotatable bonds is 6. The van der Waals surface area contributed by atoms with Gasteiger partial charge in [0.1, 0.15) is 0 Å². The van der Waals surface area contributed by atoms with Gasteiger partial charge in [-0.15, -0.1) is 0 Å². The molecule has 0 aliphatic heterocycles. The molecule has 0 saturated heterocycles. The summed E-state index contributed by atoms with van der Waals surface area (Å²) in [6.07, 6.45) is 1.08. The van der Waals surface area contributed by atoms with Gasteiger partial charge in [-0.3, -0.25) is 4.79 Å². The Morgan fingerprint density at radius 3 is 2.21 bits per heavy atom. The van der Waals surface area contributed by atoms with E-state index in [2.05, 4.69) is 10.0 Å². The Kier molecular flexibility index (Phi) is 5.31. The van der Waals surface area contributed by atoms with Crippen molar-refractivity contribution in [1.29, 1.82) is 0 Å². The Labute approximate surface area is 113 Å². The Bertz CT molecular complexity index is 524. The maximum Gasteiger partial charge on any atom is 0.251 e. The number of sulfonamides is 1. The van der Waals surface area contributed by atoms with Gasteiger partial charge in [0, 0.05) is 38.4 Å². The largest absolute Gasteiger partial charge is 0.378 e. The maximum absolute atomic E-state index is 11.7. The molecular formula is C12H19N3O3S. The number of hydrogen-bond acceptors (Lipinski definition) is 4. The van der Waals surface area contributed by atoms with Gasteiger partial charge in [0.05, 0.1) is 6.26 Å². The Balaban J connectivity index is 2.45. The van der Waals surface area contributed by atoms with Crippen LogP contribution < -0.4 is 14.9 Å². The zero-order chi connectivity index (χ0) is 14.5. The van der Waals surface area contributed by atoms with Crippen molar-refractivity contribution < 1.29 is 13.2 Å². The van der Waals surface area contributed by atoms with Crippen LogP contribution in [0.2, 0.25) is 0 Å². The third kappa shape index (κ3) is 5.71. The standard InChI is InChI=1S/C12H19N3O3S/c1-15(2)11-6-4-10(5-7-11)12(16)13-8-9-14-19(3,17)18/h4-7,14H,8-9H2,1-3H3,(H,13,16). The zero-order valence-corrected chi connectivity index (χ0v) is 12.1. The van der Waals surface area contributed by atoms with Crippen LogP contribution in [0.25, 0.3) is 0 Å². The average molecular weight is 285 g/mol. The lowest BCUT2D eigenvalue weighted by Crippen LogP contribution is -2.34. The highest BCUT2D eigenvalue weighted by molar-refractivity contribution is 7.88. The predicted molar refractivity (Wildman–Crippen MR) is 75.9 cm³/mol. The second-order valence-electron chi connectivity index (χ2n) is 4.36. The SMILES string of the molecule is CN(C)c1ccc(C(=O)NCCNS(C)(=O)=O)cc1.